The molecule has 0 aliphatic heterocycles. The van der Waals surface area contributed by atoms with Crippen molar-refractivity contribution in [2.75, 3.05) is 19.0 Å². The Morgan fingerprint density at radius 3 is 2.74 bits per heavy atom. The molecule has 158 valence electrons. The maximum absolute atomic E-state index is 12.9. The van der Waals surface area contributed by atoms with E-state index in [4.69, 9.17) is 9.47 Å². The number of nitrogens with zero attached hydrogens (tertiary/aromatic N) is 4. The van der Waals surface area contributed by atoms with E-state index in [9.17, 15) is 9.59 Å². The highest BCUT2D eigenvalue weighted by molar-refractivity contribution is 6.04. The number of carbonyl (C=O) groups excluding carboxylic acids is 2. The van der Waals surface area contributed by atoms with Gasteiger partial charge in [-0.3, -0.25) is 9.48 Å². The van der Waals surface area contributed by atoms with Crippen LogP contribution in [-0.4, -0.2) is 45.0 Å². The predicted octanol–water partition coefficient (Wildman–Crippen LogP) is 3.17. The molecule has 9 heteroatoms. The normalized spacial score (nSPS) is 10.8. The summed E-state index contributed by atoms with van der Waals surface area (Å²) < 4.78 is 13.5. The number of pyridine rings is 1. The molecule has 3 heterocycles. The van der Waals surface area contributed by atoms with Crippen LogP contribution in [0.4, 0.5) is 5.69 Å². The molecule has 31 heavy (non-hydrogen) atoms. The minimum atomic E-state index is -0.464. The first-order valence-corrected chi connectivity index (χ1v) is 9.65. The third kappa shape index (κ3) is 3.85. The number of methoxy groups -OCH3 is 1. The maximum atomic E-state index is 12.9. The molecule has 4 rings (SSSR count). The molecule has 0 saturated heterocycles. The van der Waals surface area contributed by atoms with Crippen LogP contribution in [0.5, 0.6) is 5.75 Å². The fourth-order valence-corrected chi connectivity index (χ4v) is 3.29. The molecule has 0 radical (unpaired) electrons. The molecule has 0 unspecified atom stereocenters. The number of esters is 1. The van der Waals surface area contributed by atoms with Crippen molar-refractivity contribution in [2.45, 2.75) is 6.92 Å². The van der Waals surface area contributed by atoms with Crippen LogP contribution in [0.1, 0.15) is 27.8 Å². The van der Waals surface area contributed by atoms with Crippen LogP contribution < -0.4 is 10.1 Å². The summed E-state index contributed by atoms with van der Waals surface area (Å²) in [6, 6.07) is 12.6. The number of anilines is 1. The highest BCUT2D eigenvalue weighted by Crippen LogP contribution is 2.29. The van der Waals surface area contributed by atoms with Gasteiger partial charge in [-0.25, -0.2) is 9.31 Å². The Kier molecular flexibility index (Phi) is 5.40. The summed E-state index contributed by atoms with van der Waals surface area (Å²) in [7, 11) is 3.29. The number of aryl methyl sites for hydroxylation is 1. The topological polar surface area (TPSA) is 99.8 Å². The van der Waals surface area contributed by atoms with Crippen molar-refractivity contribution in [1.29, 1.82) is 0 Å². The Balaban J connectivity index is 1.61. The second-order valence-corrected chi connectivity index (χ2v) is 6.72. The Morgan fingerprint density at radius 1 is 1.16 bits per heavy atom. The molecular weight excluding hydrogens is 398 g/mol. The van der Waals surface area contributed by atoms with E-state index in [1.165, 1.54) is 10.9 Å². The Morgan fingerprint density at radius 2 is 1.97 bits per heavy atom. The molecule has 0 atom stereocenters. The fraction of sp³-hybridized carbons (Fsp3) is 0.182. The first-order chi connectivity index (χ1) is 15.0. The van der Waals surface area contributed by atoms with Gasteiger partial charge < -0.3 is 14.8 Å². The van der Waals surface area contributed by atoms with Crippen LogP contribution in [-0.2, 0) is 11.8 Å². The third-order valence-corrected chi connectivity index (χ3v) is 4.77. The van der Waals surface area contributed by atoms with Crippen LogP contribution in [0.3, 0.4) is 0 Å². The zero-order chi connectivity index (χ0) is 22.0. The molecule has 0 saturated carbocycles. The highest BCUT2D eigenvalue weighted by atomic mass is 16.5. The van der Waals surface area contributed by atoms with Crippen LogP contribution in [0.2, 0.25) is 0 Å². The summed E-state index contributed by atoms with van der Waals surface area (Å²) in [5, 5.41) is 11.4. The van der Waals surface area contributed by atoms with Gasteiger partial charge in [0.05, 0.1) is 31.1 Å². The minimum absolute atomic E-state index is 0.265. The smallest absolute Gasteiger partial charge is 0.341 e. The standard InChI is InChI=1S/C22H21N5O4/c1-4-31-22(29)16-13-23-27-10-9-14(11-18(16)27)24-21(28)19-12-17(25-26(19)2)15-7-5-6-8-20(15)30-3/h5-13H,4H2,1-3H3,(H,24,28). The first kappa shape index (κ1) is 20.1. The molecule has 4 aromatic rings. The number of fused-ring (bicyclic) bond motifs is 1. The zero-order valence-corrected chi connectivity index (χ0v) is 17.3. The van der Waals surface area contributed by atoms with Crippen molar-refractivity contribution >= 4 is 23.1 Å². The number of rotatable bonds is 6. The number of amides is 1. The second-order valence-electron chi connectivity index (χ2n) is 6.72. The molecule has 0 fully saturated rings. The maximum Gasteiger partial charge on any atom is 0.341 e. The number of hydrogen-bond donors (Lipinski definition) is 1. The molecule has 0 aliphatic rings. The Bertz CT molecular complexity index is 1270. The number of para-hydroxylation sites is 1. The van der Waals surface area contributed by atoms with Crippen molar-refractivity contribution in [3.63, 3.8) is 0 Å². The number of hydrogen-bond acceptors (Lipinski definition) is 6. The second kappa shape index (κ2) is 8.31. The molecule has 0 aliphatic carbocycles. The average Bonchev–Trinajstić information content (AvgIpc) is 3.37. The Hall–Kier alpha value is -4.14. The van der Waals surface area contributed by atoms with E-state index < -0.39 is 5.97 Å². The number of carbonyl (C=O) groups is 2. The van der Waals surface area contributed by atoms with Gasteiger partial charge in [-0.1, -0.05) is 12.1 Å². The number of benzene rings is 1. The quantitative estimate of drug-likeness (QED) is 0.482. The lowest BCUT2D eigenvalue weighted by Gasteiger charge is -2.06. The fourth-order valence-electron chi connectivity index (χ4n) is 3.29. The van der Waals surface area contributed by atoms with Crippen molar-refractivity contribution in [2.24, 2.45) is 7.05 Å². The molecule has 0 bridgehead atoms. The molecular formula is C22H21N5O4. The van der Waals surface area contributed by atoms with E-state index in [-0.39, 0.29) is 12.5 Å². The van der Waals surface area contributed by atoms with Gasteiger partial charge in [-0.05, 0) is 37.3 Å². The zero-order valence-electron chi connectivity index (χ0n) is 17.3. The molecule has 3 aromatic heterocycles. The van der Waals surface area contributed by atoms with Gasteiger partial charge in [0.25, 0.3) is 5.91 Å². The monoisotopic (exact) mass is 419 g/mol. The third-order valence-electron chi connectivity index (χ3n) is 4.77. The average molecular weight is 419 g/mol. The van der Waals surface area contributed by atoms with Gasteiger partial charge in [0, 0.05) is 24.5 Å². The summed E-state index contributed by atoms with van der Waals surface area (Å²) in [6.07, 6.45) is 3.11. The highest BCUT2D eigenvalue weighted by Gasteiger charge is 2.18. The summed E-state index contributed by atoms with van der Waals surface area (Å²) in [4.78, 5) is 25.0. The molecule has 9 nitrogen and oxygen atoms in total. The van der Waals surface area contributed by atoms with E-state index in [2.05, 4.69) is 15.5 Å². The van der Waals surface area contributed by atoms with E-state index in [1.54, 1.807) is 50.0 Å². The largest absolute Gasteiger partial charge is 0.496 e. The van der Waals surface area contributed by atoms with E-state index in [0.29, 0.717) is 33.9 Å². The lowest BCUT2D eigenvalue weighted by Crippen LogP contribution is -2.16. The van der Waals surface area contributed by atoms with Gasteiger partial charge in [0.2, 0.25) is 0 Å². The van der Waals surface area contributed by atoms with Crippen LogP contribution in [0.25, 0.3) is 16.8 Å². The molecule has 1 aromatic carbocycles. The van der Waals surface area contributed by atoms with Gasteiger partial charge in [-0.2, -0.15) is 10.2 Å². The Labute approximate surface area is 178 Å². The predicted molar refractivity (Wildman–Crippen MR) is 114 cm³/mol. The van der Waals surface area contributed by atoms with Crippen molar-refractivity contribution in [3.05, 3.63) is 66.1 Å². The number of aromatic nitrogens is 4. The molecule has 0 spiro atoms. The SMILES string of the molecule is CCOC(=O)c1cnn2ccc(NC(=O)c3cc(-c4ccccc4OC)nn3C)cc12. The van der Waals surface area contributed by atoms with Crippen LogP contribution in [0, 0.1) is 0 Å². The molecule has 1 amide bonds. The van der Waals surface area contributed by atoms with Gasteiger partial charge >= 0.3 is 5.97 Å². The van der Waals surface area contributed by atoms with Crippen LogP contribution >= 0.6 is 0 Å². The van der Waals surface area contributed by atoms with Crippen LogP contribution in [0.15, 0.2) is 54.9 Å². The van der Waals surface area contributed by atoms with Crippen molar-refractivity contribution in [1.82, 2.24) is 19.4 Å². The van der Waals surface area contributed by atoms with E-state index in [1.807, 2.05) is 24.3 Å². The van der Waals surface area contributed by atoms with Crippen molar-refractivity contribution < 1.29 is 19.1 Å². The number of ether oxygens (including phenoxy) is 2. The lowest BCUT2D eigenvalue weighted by atomic mass is 10.1. The van der Waals surface area contributed by atoms with E-state index >= 15 is 0 Å². The first-order valence-electron chi connectivity index (χ1n) is 9.65. The summed E-state index contributed by atoms with van der Waals surface area (Å²) in [5.41, 5.74) is 3.18. The summed E-state index contributed by atoms with van der Waals surface area (Å²) in [5.74, 6) is -0.128. The minimum Gasteiger partial charge on any atom is -0.496 e. The number of nitrogens with one attached hydrogen (secondary N) is 1. The van der Waals surface area contributed by atoms with Gasteiger partial charge in [0.15, 0.2) is 0 Å². The van der Waals surface area contributed by atoms with Gasteiger partial charge in [0.1, 0.15) is 17.0 Å². The molecule has 1 N–H and O–H groups in total. The lowest BCUT2D eigenvalue weighted by molar-refractivity contribution is 0.0528. The summed E-state index contributed by atoms with van der Waals surface area (Å²) in [6.45, 7) is 2.00. The van der Waals surface area contributed by atoms with Crippen molar-refractivity contribution in [3.8, 4) is 17.0 Å². The summed E-state index contributed by atoms with van der Waals surface area (Å²) >= 11 is 0. The van der Waals surface area contributed by atoms with E-state index in [0.717, 1.165) is 5.56 Å². The van der Waals surface area contributed by atoms with Gasteiger partial charge in [-0.15, -0.1) is 0 Å².